The lowest BCUT2D eigenvalue weighted by Crippen LogP contribution is -2.20. The molecule has 2 aromatic rings. The Kier molecular flexibility index (Phi) is 6.22. The lowest BCUT2D eigenvalue weighted by Gasteiger charge is -2.15. The molecule has 0 aliphatic heterocycles. The molecule has 114 valence electrons. The molecule has 0 fully saturated rings. The largest absolute Gasteiger partial charge is 0.383 e. The fourth-order valence-corrected chi connectivity index (χ4v) is 3.40. The zero-order chi connectivity index (χ0) is 15.2. The minimum absolute atomic E-state index is 0.221. The predicted octanol–water partition coefficient (Wildman–Crippen LogP) is 3.22. The standard InChI is InChI=1S/C14H17BrFN3OS/c1-20-7-6-19-14(10(15)8-18-19)12(17)9-21-13-5-3-2-4-11(13)16/h2-5,8,12H,6-7,9,17H2,1H3. The van der Waals surface area contributed by atoms with Crippen LogP contribution in [0, 0.1) is 5.82 Å². The summed E-state index contributed by atoms with van der Waals surface area (Å²) in [6.07, 6.45) is 1.72. The maximum atomic E-state index is 13.6. The third-order valence-electron chi connectivity index (χ3n) is 2.95. The number of ether oxygens (including phenoxy) is 1. The lowest BCUT2D eigenvalue weighted by atomic mass is 10.2. The molecule has 1 aromatic carbocycles. The zero-order valence-electron chi connectivity index (χ0n) is 11.6. The van der Waals surface area contributed by atoms with Gasteiger partial charge in [0.2, 0.25) is 0 Å². The van der Waals surface area contributed by atoms with Gasteiger partial charge in [-0.05, 0) is 28.1 Å². The van der Waals surface area contributed by atoms with Crippen LogP contribution < -0.4 is 5.73 Å². The van der Waals surface area contributed by atoms with Crippen molar-refractivity contribution in [2.45, 2.75) is 17.5 Å². The van der Waals surface area contributed by atoms with Gasteiger partial charge >= 0.3 is 0 Å². The van der Waals surface area contributed by atoms with Crippen LogP contribution in [0.5, 0.6) is 0 Å². The van der Waals surface area contributed by atoms with Gasteiger partial charge in [-0.3, -0.25) is 4.68 Å². The number of benzene rings is 1. The number of methoxy groups -OCH3 is 1. The van der Waals surface area contributed by atoms with Gasteiger partial charge in [0, 0.05) is 17.8 Å². The van der Waals surface area contributed by atoms with Crippen molar-refractivity contribution in [2.24, 2.45) is 5.73 Å². The second-order valence-electron chi connectivity index (χ2n) is 4.44. The molecule has 0 amide bonds. The summed E-state index contributed by atoms with van der Waals surface area (Å²) in [5.74, 6) is 0.347. The maximum absolute atomic E-state index is 13.6. The summed E-state index contributed by atoms with van der Waals surface area (Å²) >= 11 is 4.86. The van der Waals surface area contributed by atoms with Gasteiger partial charge in [0.25, 0.3) is 0 Å². The van der Waals surface area contributed by atoms with Crippen LogP contribution in [0.1, 0.15) is 11.7 Å². The Morgan fingerprint density at radius 3 is 2.95 bits per heavy atom. The molecule has 0 bridgehead atoms. The van der Waals surface area contributed by atoms with E-state index < -0.39 is 0 Å². The highest BCUT2D eigenvalue weighted by Crippen LogP contribution is 2.28. The molecule has 7 heteroatoms. The normalized spacial score (nSPS) is 12.6. The molecule has 0 spiro atoms. The minimum atomic E-state index is -0.247. The van der Waals surface area contributed by atoms with E-state index in [0.717, 1.165) is 10.2 Å². The number of hydrogen-bond donors (Lipinski definition) is 1. The highest BCUT2D eigenvalue weighted by atomic mass is 79.9. The topological polar surface area (TPSA) is 53.1 Å². The number of aromatic nitrogens is 2. The monoisotopic (exact) mass is 373 g/mol. The van der Waals surface area contributed by atoms with Crippen molar-refractivity contribution in [1.29, 1.82) is 0 Å². The number of nitrogens with two attached hydrogens (primary N) is 1. The molecule has 2 rings (SSSR count). The van der Waals surface area contributed by atoms with E-state index in [1.807, 2.05) is 10.7 Å². The molecule has 1 heterocycles. The molecule has 4 nitrogen and oxygen atoms in total. The van der Waals surface area contributed by atoms with E-state index >= 15 is 0 Å². The summed E-state index contributed by atoms with van der Waals surface area (Å²) in [6, 6.07) is 6.45. The van der Waals surface area contributed by atoms with Crippen LogP contribution in [0.4, 0.5) is 4.39 Å². The molecule has 1 aromatic heterocycles. The second-order valence-corrected chi connectivity index (χ2v) is 6.36. The van der Waals surface area contributed by atoms with Crippen LogP contribution in [0.15, 0.2) is 39.8 Å². The van der Waals surface area contributed by atoms with E-state index in [9.17, 15) is 4.39 Å². The third kappa shape index (κ3) is 4.29. The van der Waals surface area contributed by atoms with Gasteiger partial charge in [-0.1, -0.05) is 12.1 Å². The van der Waals surface area contributed by atoms with Crippen molar-refractivity contribution >= 4 is 27.7 Å². The summed E-state index contributed by atoms with van der Waals surface area (Å²) in [5, 5.41) is 4.27. The third-order valence-corrected chi connectivity index (χ3v) is 4.73. The van der Waals surface area contributed by atoms with E-state index in [1.54, 1.807) is 25.4 Å². The molecule has 2 N–H and O–H groups in total. The van der Waals surface area contributed by atoms with Gasteiger partial charge in [-0.2, -0.15) is 5.10 Å². The van der Waals surface area contributed by atoms with Crippen LogP contribution in [0.25, 0.3) is 0 Å². The van der Waals surface area contributed by atoms with Crippen molar-refractivity contribution in [2.75, 3.05) is 19.5 Å². The molecule has 0 aliphatic rings. The van der Waals surface area contributed by atoms with E-state index in [0.29, 0.717) is 23.8 Å². The number of halogens is 2. The molecule has 1 atom stereocenters. The lowest BCUT2D eigenvalue weighted by molar-refractivity contribution is 0.182. The van der Waals surface area contributed by atoms with Gasteiger partial charge in [0.15, 0.2) is 0 Å². The van der Waals surface area contributed by atoms with E-state index in [2.05, 4.69) is 21.0 Å². The fourth-order valence-electron chi connectivity index (χ4n) is 1.92. The molecular weight excluding hydrogens is 357 g/mol. The van der Waals surface area contributed by atoms with Gasteiger partial charge in [-0.25, -0.2) is 4.39 Å². The number of hydrogen-bond acceptors (Lipinski definition) is 4. The number of nitrogens with zero attached hydrogens (tertiary/aromatic N) is 2. The molecule has 0 radical (unpaired) electrons. The summed E-state index contributed by atoms with van der Waals surface area (Å²) in [6.45, 7) is 1.20. The Morgan fingerprint density at radius 1 is 1.48 bits per heavy atom. The molecule has 0 aliphatic carbocycles. The highest BCUT2D eigenvalue weighted by molar-refractivity contribution is 9.10. The highest BCUT2D eigenvalue weighted by Gasteiger charge is 2.17. The van der Waals surface area contributed by atoms with Crippen LogP contribution in [0.3, 0.4) is 0 Å². The fraction of sp³-hybridized carbons (Fsp3) is 0.357. The SMILES string of the molecule is COCCn1ncc(Br)c1C(N)CSc1ccccc1F. The average Bonchev–Trinajstić information content (AvgIpc) is 2.85. The zero-order valence-corrected chi connectivity index (χ0v) is 14.0. The van der Waals surface area contributed by atoms with E-state index in [1.165, 1.54) is 17.8 Å². The smallest absolute Gasteiger partial charge is 0.136 e. The Bertz CT molecular complexity index is 593. The minimum Gasteiger partial charge on any atom is -0.383 e. The number of thioether (sulfide) groups is 1. The van der Waals surface area contributed by atoms with Crippen molar-refractivity contribution in [3.63, 3.8) is 0 Å². The maximum Gasteiger partial charge on any atom is 0.136 e. The number of rotatable bonds is 7. The molecular formula is C14H17BrFN3OS. The Morgan fingerprint density at radius 2 is 2.24 bits per heavy atom. The first-order valence-corrected chi connectivity index (χ1v) is 8.24. The second kappa shape index (κ2) is 7.93. The quantitative estimate of drug-likeness (QED) is 0.757. The first kappa shape index (κ1) is 16.5. The van der Waals surface area contributed by atoms with Gasteiger partial charge < -0.3 is 10.5 Å². The van der Waals surface area contributed by atoms with Crippen molar-refractivity contribution in [1.82, 2.24) is 9.78 Å². The first-order valence-electron chi connectivity index (χ1n) is 6.46. The van der Waals surface area contributed by atoms with Crippen LogP contribution in [-0.4, -0.2) is 29.3 Å². The summed E-state index contributed by atoms with van der Waals surface area (Å²) in [7, 11) is 1.65. The van der Waals surface area contributed by atoms with Crippen LogP contribution in [-0.2, 0) is 11.3 Å². The van der Waals surface area contributed by atoms with Crippen molar-refractivity contribution in [3.8, 4) is 0 Å². The Hall–Kier alpha value is -0.890. The molecule has 21 heavy (non-hydrogen) atoms. The average molecular weight is 374 g/mol. The van der Waals surface area contributed by atoms with Crippen molar-refractivity contribution < 1.29 is 9.13 Å². The Labute approximate surface area is 136 Å². The summed E-state index contributed by atoms with van der Waals surface area (Å²) in [4.78, 5) is 0.604. The van der Waals surface area contributed by atoms with Crippen molar-refractivity contribution in [3.05, 3.63) is 46.4 Å². The first-order chi connectivity index (χ1) is 10.1. The van der Waals surface area contributed by atoms with Gasteiger partial charge in [-0.15, -0.1) is 11.8 Å². The van der Waals surface area contributed by atoms with E-state index in [-0.39, 0.29) is 11.9 Å². The van der Waals surface area contributed by atoms with E-state index in [4.69, 9.17) is 10.5 Å². The molecule has 1 unspecified atom stereocenters. The van der Waals surface area contributed by atoms with Crippen LogP contribution >= 0.6 is 27.7 Å². The molecule has 0 saturated carbocycles. The van der Waals surface area contributed by atoms with Gasteiger partial charge in [0.1, 0.15) is 5.82 Å². The predicted molar refractivity (Wildman–Crippen MR) is 85.9 cm³/mol. The van der Waals surface area contributed by atoms with Crippen LogP contribution in [0.2, 0.25) is 0 Å². The van der Waals surface area contributed by atoms with Gasteiger partial charge in [0.05, 0.1) is 35.6 Å². The molecule has 0 saturated heterocycles. The Balaban J connectivity index is 2.05. The summed E-state index contributed by atoms with van der Waals surface area (Å²) < 4.78 is 21.3. The summed E-state index contributed by atoms with van der Waals surface area (Å²) in [5.41, 5.74) is 7.13.